The minimum Gasteiger partial charge on any atom is -0.385 e. The van der Waals surface area contributed by atoms with Crippen LogP contribution in [0, 0.1) is 6.92 Å². The van der Waals surface area contributed by atoms with Crippen molar-refractivity contribution < 1.29 is 0 Å². The van der Waals surface area contributed by atoms with Gasteiger partial charge in [-0.2, -0.15) is 0 Å². The number of hydrogen-bond acceptors (Lipinski definition) is 2. The Morgan fingerprint density at radius 1 is 1.40 bits per heavy atom. The van der Waals surface area contributed by atoms with Gasteiger partial charge in [-0.25, -0.2) is 0 Å². The lowest BCUT2D eigenvalue weighted by Crippen LogP contribution is -2.34. The van der Waals surface area contributed by atoms with Crippen LogP contribution in [0.5, 0.6) is 0 Å². The second-order valence-electron chi connectivity index (χ2n) is 4.58. The van der Waals surface area contributed by atoms with E-state index in [0.29, 0.717) is 0 Å². The first kappa shape index (κ1) is 12.3. The van der Waals surface area contributed by atoms with Gasteiger partial charge in [0.15, 0.2) is 0 Å². The largest absolute Gasteiger partial charge is 0.385 e. The van der Waals surface area contributed by atoms with E-state index in [0.717, 1.165) is 29.2 Å². The van der Waals surface area contributed by atoms with Crippen LogP contribution >= 0.6 is 11.6 Å². The highest BCUT2D eigenvalue weighted by Crippen LogP contribution is 2.22. The van der Waals surface area contributed by atoms with Gasteiger partial charge >= 0.3 is 0 Å². The maximum absolute atomic E-state index is 6.02. The first-order chi connectivity index (χ1) is 6.90. The molecule has 0 radical (unpaired) electrons. The number of nitrogens with one attached hydrogen (secondary N) is 1. The van der Waals surface area contributed by atoms with E-state index in [-0.39, 0.29) is 5.54 Å². The molecule has 0 aromatic heterocycles. The molecule has 0 amide bonds. The summed E-state index contributed by atoms with van der Waals surface area (Å²) in [5, 5.41) is 4.14. The van der Waals surface area contributed by atoms with Gasteiger partial charge < -0.3 is 11.1 Å². The van der Waals surface area contributed by atoms with Crippen molar-refractivity contribution in [2.24, 2.45) is 5.73 Å². The summed E-state index contributed by atoms with van der Waals surface area (Å²) in [7, 11) is 0. The number of nitrogens with two attached hydrogens (primary N) is 1. The van der Waals surface area contributed by atoms with Crippen LogP contribution in [0.3, 0.4) is 0 Å². The van der Waals surface area contributed by atoms with Crippen LogP contribution in [0.2, 0.25) is 5.02 Å². The highest BCUT2D eigenvalue weighted by atomic mass is 35.5. The standard InChI is InChI=1S/C12H19ClN2/c1-9-10(13)5-4-6-11(9)15-8-7-12(2,3)14/h4-6,15H,7-8,14H2,1-3H3. The van der Waals surface area contributed by atoms with E-state index >= 15 is 0 Å². The number of anilines is 1. The molecule has 15 heavy (non-hydrogen) atoms. The summed E-state index contributed by atoms with van der Waals surface area (Å²) in [5.74, 6) is 0. The molecule has 0 saturated heterocycles. The van der Waals surface area contributed by atoms with Gasteiger partial charge in [0.1, 0.15) is 0 Å². The van der Waals surface area contributed by atoms with Crippen LogP contribution in [-0.4, -0.2) is 12.1 Å². The van der Waals surface area contributed by atoms with Crippen molar-refractivity contribution in [3.63, 3.8) is 0 Å². The van der Waals surface area contributed by atoms with E-state index in [2.05, 4.69) is 5.32 Å². The second kappa shape index (κ2) is 4.86. The summed E-state index contributed by atoms with van der Waals surface area (Å²) < 4.78 is 0. The number of rotatable bonds is 4. The maximum Gasteiger partial charge on any atom is 0.0455 e. The number of halogens is 1. The van der Waals surface area contributed by atoms with E-state index in [4.69, 9.17) is 17.3 Å². The molecule has 3 heteroatoms. The van der Waals surface area contributed by atoms with Crippen LogP contribution < -0.4 is 11.1 Å². The lowest BCUT2D eigenvalue weighted by atomic mass is 10.0. The van der Waals surface area contributed by atoms with Gasteiger partial charge in [0, 0.05) is 22.8 Å². The maximum atomic E-state index is 6.02. The van der Waals surface area contributed by atoms with Crippen molar-refractivity contribution >= 4 is 17.3 Å². The van der Waals surface area contributed by atoms with Crippen LogP contribution in [0.15, 0.2) is 18.2 Å². The molecule has 3 N–H and O–H groups in total. The van der Waals surface area contributed by atoms with Crippen molar-refractivity contribution in [2.75, 3.05) is 11.9 Å². The fraction of sp³-hybridized carbons (Fsp3) is 0.500. The zero-order chi connectivity index (χ0) is 11.5. The minimum absolute atomic E-state index is 0.126. The molecular formula is C12H19ClN2. The Kier molecular flexibility index (Phi) is 4.00. The van der Waals surface area contributed by atoms with Gasteiger partial charge in [-0.15, -0.1) is 0 Å². The predicted octanol–water partition coefficient (Wildman–Crippen LogP) is 3.19. The number of benzene rings is 1. The molecule has 2 nitrogen and oxygen atoms in total. The van der Waals surface area contributed by atoms with Crippen molar-refractivity contribution in [3.05, 3.63) is 28.8 Å². The number of hydrogen-bond donors (Lipinski definition) is 2. The van der Waals surface area contributed by atoms with Crippen molar-refractivity contribution in [2.45, 2.75) is 32.7 Å². The molecule has 0 bridgehead atoms. The van der Waals surface area contributed by atoms with E-state index in [1.807, 2.05) is 39.0 Å². The monoisotopic (exact) mass is 226 g/mol. The molecule has 0 saturated carbocycles. The fourth-order valence-electron chi connectivity index (χ4n) is 1.32. The Labute approximate surface area is 96.8 Å². The zero-order valence-electron chi connectivity index (χ0n) is 9.60. The van der Waals surface area contributed by atoms with E-state index in [1.54, 1.807) is 0 Å². The summed E-state index contributed by atoms with van der Waals surface area (Å²) in [6, 6.07) is 5.88. The molecule has 0 aliphatic carbocycles. The summed E-state index contributed by atoms with van der Waals surface area (Å²) in [5.41, 5.74) is 7.96. The lowest BCUT2D eigenvalue weighted by molar-refractivity contribution is 0.491. The topological polar surface area (TPSA) is 38.0 Å². The predicted molar refractivity (Wildman–Crippen MR) is 67.6 cm³/mol. The molecule has 0 aliphatic rings. The van der Waals surface area contributed by atoms with E-state index < -0.39 is 0 Å². The van der Waals surface area contributed by atoms with Gasteiger partial charge in [-0.3, -0.25) is 0 Å². The van der Waals surface area contributed by atoms with Crippen LogP contribution in [0.4, 0.5) is 5.69 Å². The molecule has 0 spiro atoms. The van der Waals surface area contributed by atoms with Crippen LogP contribution in [0.1, 0.15) is 25.8 Å². The summed E-state index contributed by atoms with van der Waals surface area (Å²) >= 11 is 6.02. The first-order valence-corrected chi connectivity index (χ1v) is 5.56. The van der Waals surface area contributed by atoms with Gasteiger partial charge in [-0.05, 0) is 44.9 Å². The molecule has 0 aliphatic heterocycles. The summed E-state index contributed by atoms with van der Waals surface area (Å²) in [6.45, 7) is 6.93. The quantitative estimate of drug-likeness (QED) is 0.828. The molecule has 0 atom stereocenters. The van der Waals surface area contributed by atoms with Crippen molar-refractivity contribution in [3.8, 4) is 0 Å². The van der Waals surface area contributed by atoms with Gasteiger partial charge in [0.25, 0.3) is 0 Å². The molecule has 84 valence electrons. The second-order valence-corrected chi connectivity index (χ2v) is 4.98. The Balaban J connectivity index is 2.55. The third kappa shape index (κ3) is 4.10. The molecule has 0 unspecified atom stereocenters. The SMILES string of the molecule is Cc1c(Cl)cccc1NCCC(C)(C)N. The van der Waals surface area contributed by atoms with Gasteiger partial charge in [0.05, 0.1) is 0 Å². The Hall–Kier alpha value is -0.730. The van der Waals surface area contributed by atoms with Gasteiger partial charge in [0.2, 0.25) is 0 Å². The molecule has 1 aromatic carbocycles. The van der Waals surface area contributed by atoms with E-state index in [9.17, 15) is 0 Å². The smallest absolute Gasteiger partial charge is 0.0455 e. The van der Waals surface area contributed by atoms with Crippen molar-refractivity contribution in [1.29, 1.82) is 0 Å². The highest BCUT2D eigenvalue weighted by molar-refractivity contribution is 6.31. The lowest BCUT2D eigenvalue weighted by Gasteiger charge is -2.19. The summed E-state index contributed by atoms with van der Waals surface area (Å²) in [4.78, 5) is 0. The van der Waals surface area contributed by atoms with E-state index in [1.165, 1.54) is 0 Å². The zero-order valence-corrected chi connectivity index (χ0v) is 10.4. The minimum atomic E-state index is -0.126. The van der Waals surface area contributed by atoms with Crippen LogP contribution in [-0.2, 0) is 0 Å². The average Bonchev–Trinajstić information content (AvgIpc) is 2.10. The third-order valence-electron chi connectivity index (χ3n) is 2.35. The summed E-state index contributed by atoms with van der Waals surface area (Å²) in [6.07, 6.45) is 0.930. The average molecular weight is 227 g/mol. The molecule has 1 aromatic rings. The first-order valence-electron chi connectivity index (χ1n) is 5.18. The van der Waals surface area contributed by atoms with Gasteiger partial charge in [-0.1, -0.05) is 17.7 Å². The molecule has 1 rings (SSSR count). The molecule has 0 fully saturated rings. The fourth-order valence-corrected chi connectivity index (χ4v) is 1.49. The Morgan fingerprint density at radius 2 is 2.07 bits per heavy atom. The Morgan fingerprint density at radius 3 is 2.67 bits per heavy atom. The molecular weight excluding hydrogens is 208 g/mol. The van der Waals surface area contributed by atoms with Crippen LogP contribution in [0.25, 0.3) is 0 Å². The Bertz CT molecular complexity index is 329. The van der Waals surface area contributed by atoms with Crippen molar-refractivity contribution in [1.82, 2.24) is 0 Å². The third-order valence-corrected chi connectivity index (χ3v) is 2.76. The normalized spacial score (nSPS) is 11.5. The molecule has 0 heterocycles. The highest BCUT2D eigenvalue weighted by Gasteiger charge is 2.09.